The standard InChI is InChI=1S/C34H47F2N5O4/c1-23-17-39(28(18-38-11-12-44-21-27(38)15-35)19-40(23)32(43)45-33(2,3)4)20-30(42)41-22-34(5,6)31-29(41)14-25(16-37-31)13-24-7-9-26(36)10-8-24/h7-10,14,16,23,27-28H,11-13,15,17-22H2,1-6H3/t23-,27?,28+/m1/s1. The van der Waals surface area contributed by atoms with Crippen LogP contribution >= 0.6 is 0 Å². The fraction of sp³-hybridized carbons (Fsp3) is 0.618. The lowest BCUT2D eigenvalue weighted by Crippen LogP contribution is -2.64. The van der Waals surface area contributed by atoms with E-state index in [1.165, 1.54) is 12.1 Å². The van der Waals surface area contributed by atoms with Crippen LogP contribution in [-0.4, -0.2) is 115 Å². The molecule has 3 aliphatic rings. The zero-order chi connectivity index (χ0) is 32.5. The average Bonchev–Trinajstić information content (AvgIpc) is 3.24. The van der Waals surface area contributed by atoms with Gasteiger partial charge in [-0.1, -0.05) is 26.0 Å². The van der Waals surface area contributed by atoms with Crippen LogP contribution in [0.1, 0.15) is 58.4 Å². The molecule has 2 amide bonds. The number of benzene rings is 1. The van der Waals surface area contributed by atoms with Crippen molar-refractivity contribution in [3.63, 3.8) is 0 Å². The Hall–Kier alpha value is -3.15. The third kappa shape index (κ3) is 7.81. The summed E-state index contributed by atoms with van der Waals surface area (Å²) in [4.78, 5) is 39.9. The minimum absolute atomic E-state index is 0.0468. The van der Waals surface area contributed by atoms with Gasteiger partial charge in [0.2, 0.25) is 5.91 Å². The first kappa shape index (κ1) is 33.2. The topological polar surface area (TPSA) is 78.5 Å². The molecule has 0 bridgehead atoms. The maximum absolute atomic E-state index is 14.2. The minimum atomic E-state index is -0.636. The molecule has 5 rings (SSSR count). The molecule has 3 aliphatic heterocycles. The number of piperazine rings is 1. The molecule has 11 heteroatoms. The van der Waals surface area contributed by atoms with Crippen molar-refractivity contribution in [3.8, 4) is 0 Å². The molecule has 0 saturated carbocycles. The molecule has 2 saturated heterocycles. The molecule has 9 nitrogen and oxygen atoms in total. The second-order valence-corrected chi connectivity index (χ2v) is 14.3. The first-order valence-electron chi connectivity index (χ1n) is 15.9. The van der Waals surface area contributed by atoms with Crippen LogP contribution in [0.2, 0.25) is 0 Å². The number of alkyl halides is 1. The molecular weight excluding hydrogens is 580 g/mol. The van der Waals surface area contributed by atoms with Crippen LogP contribution in [0.5, 0.6) is 0 Å². The summed E-state index contributed by atoms with van der Waals surface area (Å²) >= 11 is 0. The van der Waals surface area contributed by atoms with Crippen molar-refractivity contribution in [1.29, 1.82) is 0 Å². The number of fused-ring (bicyclic) bond motifs is 1. The fourth-order valence-electron chi connectivity index (χ4n) is 6.59. The Bertz CT molecular complexity index is 1370. The van der Waals surface area contributed by atoms with E-state index in [2.05, 4.69) is 23.6 Å². The van der Waals surface area contributed by atoms with Crippen LogP contribution in [0.25, 0.3) is 0 Å². The fourth-order valence-corrected chi connectivity index (χ4v) is 6.59. The summed E-state index contributed by atoms with van der Waals surface area (Å²) < 4.78 is 38.7. The van der Waals surface area contributed by atoms with Gasteiger partial charge >= 0.3 is 6.09 Å². The van der Waals surface area contributed by atoms with Gasteiger partial charge in [0, 0.05) is 56.4 Å². The Morgan fingerprint density at radius 2 is 1.82 bits per heavy atom. The Balaban J connectivity index is 1.37. The predicted octanol–water partition coefficient (Wildman–Crippen LogP) is 4.42. The van der Waals surface area contributed by atoms with E-state index in [9.17, 15) is 18.4 Å². The lowest BCUT2D eigenvalue weighted by Gasteiger charge is -2.47. The van der Waals surface area contributed by atoms with Crippen LogP contribution in [0.4, 0.5) is 19.3 Å². The second-order valence-electron chi connectivity index (χ2n) is 14.3. The van der Waals surface area contributed by atoms with E-state index in [-0.39, 0.29) is 47.9 Å². The first-order chi connectivity index (χ1) is 21.2. The number of carbonyl (C=O) groups is 2. The van der Waals surface area contributed by atoms with Crippen molar-refractivity contribution >= 4 is 17.7 Å². The highest BCUT2D eigenvalue weighted by molar-refractivity contribution is 5.97. The molecule has 0 N–H and O–H groups in total. The number of halogens is 2. The molecule has 3 atom stereocenters. The van der Waals surface area contributed by atoms with Gasteiger partial charge in [0.1, 0.15) is 18.1 Å². The number of carbonyl (C=O) groups excluding carboxylic acids is 2. The van der Waals surface area contributed by atoms with Gasteiger partial charge < -0.3 is 19.3 Å². The number of morpholine rings is 1. The maximum atomic E-state index is 14.2. The van der Waals surface area contributed by atoms with Gasteiger partial charge in [0.25, 0.3) is 0 Å². The Morgan fingerprint density at radius 1 is 1.09 bits per heavy atom. The molecule has 45 heavy (non-hydrogen) atoms. The number of anilines is 1. The van der Waals surface area contributed by atoms with E-state index < -0.39 is 12.3 Å². The van der Waals surface area contributed by atoms with Crippen LogP contribution in [-0.2, 0) is 26.1 Å². The molecule has 2 fully saturated rings. The smallest absolute Gasteiger partial charge is 0.410 e. The molecule has 1 aromatic carbocycles. The summed E-state index contributed by atoms with van der Waals surface area (Å²) in [5, 5.41) is 0. The molecule has 4 heterocycles. The van der Waals surface area contributed by atoms with Crippen LogP contribution in [0.3, 0.4) is 0 Å². The third-order valence-electron chi connectivity index (χ3n) is 8.93. The third-order valence-corrected chi connectivity index (χ3v) is 8.93. The summed E-state index contributed by atoms with van der Waals surface area (Å²) in [6, 6.07) is 7.69. The average molecular weight is 628 g/mol. The number of nitrogens with zero attached hydrogens (tertiary/aromatic N) is 5. The molecular formula is C34H47F2N5O4. The quantitative estimate of drug-likeness (QED) is 0.450. The van der Waals surface area contributed by atoms with Gasteiger partial charge in [-0.15, -0.1) is 0 Å². The maximum Gasteiger partial charge on any atom is 0.410 e. The number of hydrogen-bond donors (Lipinski definition) is 0. The molecule has 2 aromatic rings. The highest BCUT2D eigenvalue weighted by Crippen LogP contribution is 2.40. The summed E-state index contributed by atoms with van der Waals surface area (Å²) in [5.41, 5.74) is 2.61. The summed E-state index contributed by atoms with van der Waals surface area (Å²) in [6.07, 6.45) is 2.03. The highest BCUT2D eigenvalue weighted by atomic mass is 19.1. The van der Waals surface area contributed by atoms with Crippen LogP contribution in [0.15, 0.2) is 36.5 Å². The summed E-state index contributed by atoms with van der Waals surface area (Å²) in [5.74, 6) is -0.327. The number of pyridine rings is 1. The van der Waals surface area contributed by atoms with E-state index in [0.717, 1.165) is 22.5 Å². The monoisotopic (exact) mass is 627 g/mol. The number of ether oxygens (including phenoxy) is 2. The van der Waals surface area contributed by atoms with Gasteiger partial charge in [-0.05, 0) is 63.4 Å². The zero-order valence-corrected chi connectivity index (χ0v) is 27.4. The van der Waals surface area contributed by atoms with Crippen LogP contribution in [0, 0.1) is 5.82 Å². The SMILES string of the molecule is C[C@@H]1CN(CC(=O)N2CC(C)(C)c3ncc(Cc4ccc(F)cc4)cc32)[C@@H](CN2CCOCC2CF)CN1C(=O)OC(C)(C)C. The molecule has 1 unspecified atom stereocenters. The van der Waals surface area contributed by atoms with Gasteiger partial charge in [-0.25, -0.2) is 13.6 Å². The lowest BCUT2D eigenvalue weighted by molar-refractivity contribution is -0.122. The van der Waals surface area contributed by atoms with E-state index >= 15 is 0 Å². The molecule has 246 valence electrons. The Kier molecular flexibility index (Phi) is 9.82. The molecule has 0 spiro atoms. The van der Waals surface area contributed by atoms with Crippen molar-refractivity contribution in [3.05, 3.63) is 59.2 Å². The summed E-state index contributed by atoms with van der Waals surface area (Å²) in [7, 11) is 0. The Morgan fingerprint density at radius 3 is 2.51 bits per heavy atom. The predicted molar refractivity (Wildman–Crippen MR) is 169 cm³/mol. The molecule has 0 aliphatic carbocycles. The molecule has 0 radical (unpaired) electrons. The number of aromatic nitrogens is 1. The van der Waals surface area contributed by atoms with Crippen molar-refractivity contribution in [2.45, 2.75) is 77.1 Å². The largest absolute Gasteiger partial charge is 0.444 e. The first-order valence-corrected chi connectivity index (χ1v) is 15.9. The van der Waals surface area contributed by atoms with Crippen molar-refractivity contribution < 1.29 is 27.8 Å². The Labute approximate surface area is 265 Å². The van der Waals surface area contributed by atoms with Crippen molar-refractivity contribution in [2.24, 2.45) is 0 Å². The zero-order valence-electron chi connectivity index (χ0n) is 27.4. The van der Waals surface area contributed by atoms with E-state index in [1.54, 1.807) is 17.0 Å². The second kappa shape index (κ2) is 13.3. The highest BCUT2D eigenvalue weighted by Gasteiger charge is 2.43. The van der Waals surface area contributed by atoms with Crippen molar-refractivity contribution in [1.82, 2.24) is 19.7 Å². The van der Waals surface area contributed by atoms with E-state index in [1.807, 2.05) is 44.9 Å². The molecule has 1 aromatic heterocycles. The van der Waals surface area contributed by atoms with E-state index in [4.69, 9.17) is 14.5 Å². The van der Waals surface area contributed by atoms with Gasteiger partial charge in [0.15, 0.2) is 0 Å². The van der Waals surface area contributed by atoms with E-state index in [0.29, 0.717) is 52.4 Å². The number of rotatable bonds is 7. The normalized spacial score (nSPS) is 24.0. The minimum Gasteiger partial charge on any atom is -0.444 e. The lowest BCUT2D eigenvalue weighted by atomic mass is 9.91. The van der Waals surface area contributed by atoms with Gasteiger partial charge in [0.05, 0.1) is 37.2 Å². The number of hydrogen-bond acceptors (Lipinski definition) is 7. The van der Waals surface area contributed by atoms with Crippen molar-refractivity contribution in [2.75, 3.05) is 64.1 Å². The number of amides is 2. The van der Waals surface area contributed by atoms with Gasteiger partial charge in [-0.3, -0.25) is 19.6 Å². The van der Waals surface area contributed by atoms with Gasteiger partial charge in [-0.2, -0.15) is 0 Å². The van der Waals surface area contributed by atoms with Crippen LogP contribution < -0.4 is 4.90 Å². The summed E-state index contributed by atoms with van der Waals surface area (Å²) in [6.45, 7) is 14.6.